The molecule has 0 spiro atoms. The lowest BCUT2D eigenvalue weighted by Crippen LogP contribution is -2.14. The van der Waals surface area contributed by atoms with Gasteiger partial charge in [0.2, 0.25) is 0 Å². The molecule has 0 saturated carbocycles. The van der Waals surface area contributed by atoms with Gasteiger partial charge in [-0.25, -0.2) is 4.39 Å². The van der Waals surface area contributed by atoms with Gasteiger partial charge in [0, 0.05) is 17.3 Å². The summed E-state index contributed by atoms with van der Waals surface area (Å²) in [7, 11) is 0. The summed E-state index contributed by atoms with van der Waals surface area (Å²) in [6, 6.07) is 15.1. The van der Waals surface area contributed by atoms with Crippen LogP contribution in [0.3, 0.4) is 0 Å². The Morgan fingerprint density at radius 3 is 2.44 bits per heavy atom. The smallest absolute Gasteiger partial charge is 0.262 e. The third-order valence-electron chi connectivity index (χ3n) is 2.92. The van der Waals surface area contributed by atoms with Gasteiger partial charge >= 0.3 is 0 Å². The second kappa shape index (κ2) is 4.11. The monoisotopic (exact) mass is 239 g/mol. The van der Waals surface area contributed by atoms with E-state index in [1.807, 2.05) is 24.3 Å². The molecule has 0 radical (unpaired) electrons. The number of fused-ring (bicyclic) bond motifs is 1. The highest BCUT2D eigenvalue weighted by Gasteiger charge is 2.05. The van der Waals surface area contributed by atoms with E-state index in [0.29, 0.717) is 5.56 Å². The fraction of sp³-hybridized carbons (Fsp3) is 0. The summed E-state index contributed by atoms with van der Waals surface area (Å²) in [4.78, 5) is 12.3. The summed E-state index contributed by atoms with van der Waals surface area (Å²) in [6.07, 6.45) is 1.73. The van der Waals surface area contributed by atoms with Crippen LogP contribution in [0.4, 0.5) is 4.39 Å². The maximum Gasteiger partial charge on any atom is 0.262 e. The van der Waals surface area contributed by atoms with E-state index >= 15 is 0 Å². The van der Waals surface area contributed by atoms with Crippen molar-refractivity contribution >= 4 is 5.52 Å². The Morgan fingerprint density at radius 1 is 0.889 bits per heavy atom. The molecule has 0 aliphatic rings. The molecule has 0 aliphatic carbocycles. The lowest BCUT2D eigenvalue weighted by atomic mass is 10.1. The molecule has 0 unspecified atom stereocenters. The first-order chi connectivity index (χ1) is 8.75. The van der Waals surface area contributed by atoms with Crippen LogP contribution in [0.1, 0.15) is 0 Å². The van der Waals surface area contributed by atoms with Gasteiger partial charge in [-0.2, -0.15) is 0 Å². The van der Waals surface area contributed by atoms with Gasteiger partial charge in [-0.3, -0.25) is 9.20 Å². The van der Waals surface area contributed by atoms with Crippen molar-refractivity contribution in [2.75, 3.05) is 0 Å². The summed E-state index contributed by atoms with van der Waals surface area (Å²) in [6.45, 7) is 0. The van der Waals surface area contributed by atoms with Crippen molar-refractivity contribution in [1.29, 1.82) is 0 Å². The van der Waals surface area contributed by atoms with Gasteiger partial charge in [-0.1, -0.05) is 18.2 Å². The van der Waals surface area contributed by atoms with E-state index in [0.717, 1.165) is 11.1 Å². The van der Waals surface area contributed by atoms with Gasteiger partial charge in [-0.05, 0) is 42.0 Å². The molecule has 3 rings (SSSR count). The maximum atomic E-state index is 12.9. The largest absolute Gasteiger partial charge is 0.284 e. The lowest BCUT2D eigenvalue weighted by molar-refractivity contribution is 0.628. The van der Waals surface area contributed by atoms with Gasteiger partial charge in [0.25, 0.3) is 5.56 Å². The van der Waals surface area contributed by atoms with Crippen molar-refractivity contribution in [1.82, 2.24) is 4.40 Å². The normalized spacial score (nSPS) is 10.7. The van der Waals surface area contributed by atoms with Crippen molar-refractivity contribution in [3.8, 4) is 11.1 Å². The second-order valence-electron chi connectivity index (χ2n) is 4.05. The van der Waals surface area contributed by atoms with Crippen molar-refractivity contribution in [2.24, 2.45) is 0 Å². The standard InChI is InChI=1S/C15H10FNO/c16-12-6-4-11(5-7-12)14-9-8-13-3-1-2-10-17(13)15(14)18/h1-10H. The Morgan fingerprint density at radius 2 is 1.67 bits per heavy atom. The second-order valence-corrected chi connectivity index (χ2v) is 4.05. The van der Waals surface area contributed by atoms with Crippen LogP contribution < -0.4 is 5.56 Å². The van der Waals surface area contributed by atoms with Gasteiger partial charge in [0.05, 0.1) is 0 Å². The highest BCUT2D eigenvalue weighted by molar-refractivity contribution is 5.65. The SMILES string of the molecule is O=c1c(-c2ccc(F)cc2)ccc2ccccn12. The van der Waals surface area contributed by atoms with Crippen LogP contribution in [0.2, 0.25) is 0 Å². The molecule has 3 aromatic rings. The van der Waals surface area contributed by atoms with Gasteiger partial charge < -0.3 is 0 Å². The molecular formula is C15H10FNO. The molecule has 0 aliphatic heterocycles. The minimum atomic E-state index is -0.306. The molecule has 0 saturated heterocycles. The van der Waals surface area contributed by atoms with Crippen molar-refractivity contribution < 1.29 is 4.39 Å². The minimum Gasteiger partial charge on any atom is -0.284 e. The fourth-order valence-electron chi connectivity index (χ4n) is 2.00. The van der Waals surface area contributed by atoms with E-state index in [1.165, 1.54) is 12.1 Å². The van der Waals surface area contributed by atoms with Crippen LogP contribution in [0.5, 0.6) is 0 Å². The summed E-state index contributed by atoms with van der Waals surface area (Å²) >= 11 is 0. The number of hydrogen-bond donors (Lipinski definition) is 0. The molecule has 1 aromatic carbocycles. The molecule has 2 nitrogen and oxygen atoms in total. The average molecular weight is 239 g/mol. The quantitative estimate of drug-likeness (QED) is 0.639. The topological polar surface area (TPSA) is 21.5 Å². The van der Waals surface area contributed by atoms with E-state index in [2.05, 4.69) is 0 Å². The Labute approximate surface area is 103 Å². The Hall–Kier alpha value is -2.42. The molecule has 0 amide bonds. The van der Waals surface area contributed by atoms with E-state index < -0.39 is 0 Å². The minimum absolute atomic E-state index is 0.0975. The third-order valence-corrected chi connectivity index (χ3v) is 2.92. The highest BCUT2D eigenvalue weighted by atomic mass is 19.1. The van der Waals surface area contributed by atoms with Crippen LogP contribution in [0.15, 0.2) is 65.6 Å². The summed E-state index contributed by atoms with van der Waals surface area (Å²) in [5.41, 5.74) is 2.03. The predicted molar refractivity (Wildman–Crippen MR) is 69.1 cm³/mol. The van der Waals surface area contributed by atoms with Crippen LogP contribution in [-0.2, 0) is 0 Å². The first-order valence-corrected chi connectivity index (χ1v) is 5.62. The summed E-state index contributed by atoms with van der Waals surface area (Å²) in [5.74, 6) is -0.306. The van der Waals surface area contributed by atoms with Gasteiger partial charge in [-0.15, -0.1) is 0 Å². The summed E-state index contributed by atoms with van der Waals surface area (Å²) < 4.78 is 14.5. The average Bonchev–Trinajstić information content (AvgIpc) is 2.41. The number of halogens is 1. The van der Waals surface area contributed by atoms with Gasteiger partial charge in [0.1, 0.15) is 5.82 Å². The van der Waals surface area contributed by atoms with Crippen LogP contribution in [-0.4, -0.2) is 4.40 Å². The van der Waals surface area contributed by atoms with E-state index in [9.17, 15) is 9.18 Å². The van der Waals surface area contributed by atoms with E-state index in [-0.39, 0.29) is 11.4 Å². The summed E-state index contributed by atoms with van der Waals surface area (Å²) in [5, 5.41) is 0. The van der Waals surface area contributed by atoms with E-state index in [4.69, 9.17) is 0 Å². The van der Waals surface area contributed by atoms with Gasteiger partial charge in [0.15, 0.2) is 0 Å². The van der Waals surface area contributed by atoms with Crippen LogP contribution in [0, 0.1) is 5.82 Å². The molecule has 0 N–H and O–H groups in total. The molecule has 0 bridgehead atoms. The lowest BCUT2D eigenvalue weighted by Gasteiger charge is -2.04. The van der Waals surface area contributed by atoms with Crippen molar-refractivity contribution in [3.05, 3.63) is 77.0 Å². The fourth-order valence-corrected chi connectivity index (χ4v) is 2.00. The maximum absolute atomic E-state index is 12.9. The number of nitrogens with zero attached hydrogens (tertiary/aromatic N) is 1. The third kappa shape index (κ3) is 1.70. The number of hydrogen-bond acceptors (Lipinski definition) is 1. The Kier molecular flexibility index (Phi) is 2.45. The molecule has 88 valence electrons. The highest BCUT2D eigenvalue weighted by Crippen LogP contribution is 2.16. The number of pyridine rings is 2. The molecule has 2 aromatic heterocycles. The zero-order chi connectivity index (χ0) is 12.5. The molecule has 0 atom stereocenters. The van der Waals surface area contributed by atoms with Crippen LogP contribution >= 0.6 is 0 Å². The number of rotatable bonds is 1. The molecule has 3 heteroatoms. The first kappa shape index (κ1) is 10.7. The Balaban J connectivity index is 2.27. The van der Waals surface area contributed by atoms with Crippen LogP contribution in [0.25, 0.3) is 16.6 Å². The van der Waals surface area contributed by atoms with Crippen molar-refractivity contribution in [3.63, 3.8) is 0 Å². The van der Waals surface area contributed by atoms with Crippen molar-refractivity contribution in [2.45, 2.75) is 0 Å². The van der Waals surface area contributed by atoms with E-state index in [1.54, 1.807) is 28.8 Å². The Bertz CT molecular complexity index is 759. The first-order valence-electron chi connectivity index (χ1n) is 5.62. The zero-order valence-corrected chi connectivity index (χ0v) is 9.51. The predicted octanol–water partition coefficient (Wildman–Crippen LogP) is 3.11. The number of benzene rings is 1. The zero-order valence-electron chi connectivity index (χ0n) is 9.51. The molecular weight excluding hydrogens is 229 g/mol. The molecule has 18 heavy (non-hydrogen) atoms. The molecule has 2 heterocycles. The number of aromatic nitrogens is 1. The molecule has 0 fully saturated rings.